The average molecular weight is 338 g/mol. The molecule has 0 saturated heterocycles. The van der Waals surface area contributed by atoms with Gasteiger partial charge in [-0.25, -0.2) is 5.01 Å². The van der Waals surface area contributed by atoms with E-state index >= 15 is 0 Å². The first-order valence-corrected chi connectivity index (χ1v) is 7.83. The van der Waals surface area contributed by atoms with E-state index in [1.54, 1.807) is 31.1 Å². The van der Waals surface area contributed by atoms with Crippen molar-refractivity contribution in [2.24, 2.45) is 5.10 Å². The number of hydrogen-bond donors (Lipinski definition) is 0. The summed E-state index contributed by atoms with van der Waals surface area (Å²) >= 11 is 5.88. The minimum atomic E-state index is -0.146. The van der Waals surface area contributed by atoms with E-state index in [4.69, 9.17) is 16.3 Å². The molecule has 0 N–H and O–H groups in total. The van der Waals surface area contributed by atoms with Crippen LogP contribution in [0.5, 0.6) is 5.75 Å². The molecule has 0 saturated carbocycles. The third-order valence-electron chi connectivity index (χ3n) is 3.50. The van der Waals surface area contributed by atoms with Gasteiger partial charge in [-0.3, -0.25) is 9.59 Å². The Morgan fingerprint density at radius 2 is 2.22 bits per heavy atom. The van der Waals surface area contributed by atoms with Gasteiger partial charge in [0, 0.05) is 38.5 Å². The van der Waals surface area contributed by atoms with Crippen molar-refractivity contribution < 1.29 is 14.3 Å². The Labute approximate surface area is 140 Å². The molecule has 1 aliphatic heterocycles. The van der Waals surface area contributed by atoms with E-state index in [-0.39, 0.29) is 11.8 Å². The second-order valence-electron chi connectivity index (χ2n) is 5.35. The Morgan fingerprint density at radius 1 is 1.43 bits per heavy atom. The molecule has 0 spiro atoms. The number of nitrogens with zero attached hydrogens (tertiary/aromatic N) is 3. The molecule has 1 heterocycles. The topological polar surface area (TPSA) is 62.2 Å². The van der Waals surface area contributed by atoms with Gasteiger partial charge in [0.2, 0.25) is 5.91 Å². The summed E-state index contributed by atoms with van der Waals surface area (Å²) in [4.78, 5) is 25.2. The highest BCUT2D eigenvalue weighted by Gasteiger charge is 2.23. The van der Waals surface area contributed by atoms with Crippen LogP contribution in [0.4, 0.5) is 0 Å². The fourth-order valence-corrected chi connectivity index (χ4v) is 2.37. The van der Waals surface area contributed by atoms with Crippen LogP contribution >= 0.6 is 11.6 Å². The van der Waals surface area contributed by atoms with E-state index in [1.807, 2.05) is 12.1 Å². The fourth-order valence-electron chi connectivity index (χ4n) is 2.19. The highest BCUT2D eigenvalue weighted by Crippen LogP contribution is 2.17. The van der Waals surface area contributed by atoms with Crippen LogP contribution in [0.1, 0.15) is 19.3 Å². The first kappa shape index (κ1) is 17.3. The van der Waals surface area contributed by atoms with Crippen LogP contribution in [0, 0.1) is 0 Å². The van der Waals surface area contributed by atoms with Crippen molar-refractivity contribution in [3.63, 3.8) is 0 Å². The molecule has 124 valence electrons. The Morgan fingerprint density at radius 3 is 2.91 bits per heavy atom. The lowest BCUT2D eigenvalue weighted by atomic mass is 10.1. The van der Waals surface area contributed by atoms with Gasteiger partial charge in [0.15, 0.2) is 0 Å². The number of rotatable bonds is 6. The van der Waals surface area contributed by atoms with Crippen LogP contribution in [0.15, 0.2) is 29.4 Å². The number of hydrazone groups is 1. The van der Waals surface area contributed by atoms with Crippen LogP contribution in [-0.2, 0) is 9.59 Å². The molecule has 7 heteroatoms. The normalized spacial score (nSPS) is 14.5. The maximum Gasteiger partial charge on any atom is 0.269 e. The van der Waals surface area contributed by atoms with Crippen LogP contribution < -0.4 is 4.74 Å². The van der Waals surface area contributed by atoms with Crippen molar-refractivity contribution in [1.82, 2.24) is 9.91 Å². The Bertz CT molecular complexity index is 618. The third kappa shape index (κ3) is 4.96. The summed E-state index contributed by atoms with van der Waals surface area (Å²) in [5.74, 6) is 0.495. The summed E-state index contributed by atoms with van der Waals surface area (Å²) in [6, 6.07) is 7.20. The van der Waals surface area contributed by atoms with Crippen LogP contribution in [-0.4, -0.2) is 54.7 Å². The number of ether oxygens (including phenoxy) is 1. The van der Waals surface area contributed by atoms with Gasteiger partial charge in [-0.05, 0) is 24.6 Å². The quantitative estimate of drug-likeness (QED) is 0.747. The van der Waals surface area contributed by atoms with Crippen molar-refractivity contribution in [2.45, 2.75) is 19.3 Å². The summed E-state index contributed by atoms with van der Waals surface area (Å²) < 4.78 is 5.59. The zero-order valence-corrected chi connectivity index (χ0v) is 14.0. The minimum Gasteiger partial charge on any atom is -0.493 e. The molecule has 6 nitrogen and oxygen atoms in total. The van der Waals surface area contributed by atoms with Crippen molar-refractivity contribution in [3.8, 4) is 5.75 Å². The number of benzene rings is 1. The zero-order chi connectivity index (χ0) is 16.8. The molecule has 0 aromatic heterocycles. The van der Waals surface area contributed by atoms with E-state index in [1.165, 1.54) is 5.01 Å². The fraction of sp³-hybridized carbons (Fsp3) is 0.438. The van der Waals surface area contributed by atoms with Crippen molar-refractivity contribution in [2.75, 3.05) is 27.2 Å². The summed E-state index contributed by atoms with van der Waals surface area (Å²) in [6.07, 6.45) is 1.41. The van der Waals surface area contributed by atoms with E-state index in [0.29, 0.717) is 48.9 Å². The molecule has 0 fully saturated rings. The molecule has 2 rings (SSSR count). The molecule has 23 heavy (non-hydrogen) atoms. The highest BCUT2D eigenvalue weighted by molar-refractivity contribution is 6.39. The molecule has 1 aromatic rings. The maximum absolute atomic E-state index is 12.3. The van der Waals surface area contributed by atoms with Crippen LogP contribution in [0.2, 0.25) is 5.02 Å². The maximum atomic E-state index is 12.3. The van der Waals surface area contributed by atoms with Gasteiger partial charge in [0.25, 0.3) is 5.91 Å². The minimum absolute atomic E-state index is 0.0703. The van der Waals surface area contributed by atoms with Crippen LogP contribution in [0.25, 0.3) is 0 Å². The van der Waals surface area contributed by atoms with Gasteiger partial charge >= 0.3 is 0 Å². The SMILES string of the molecule is CN(CCCOc1cccc(Cl)c1)C(=O)C1=NN(C)C(=O)CC1. The molecule has 2 amide bonds. The summed E-state index contributed by atoms with van der Waals surface area (Å²) in [5.41, 5.74) is 0.422. The first-order chi connectivity index (χ1) is 11.0. The Kier molecular flexibility index (Phi) is 5.98. The number of hydrogen-bond acceptors (Lipinski definition) is 4. The van der Waals surface area contributed by atoms with Crippen LogP contribution in [0.3, 0.4) is 0 Å². The second kappa shape index (κ2) is 7.97. The second-order valence-corrected chi connectivity index (χ2v) is 5.79. The van der Waals surface area contributed by atoms with Gasteiger partial charge in [-0.1, -0.05) is 17.7 Å². The number of carbonyl (C=O) groups is 2. The standard InChI is InChI=1S/C16H20ClN3O3/c1-19(16(22)14-7-8-15(21)20(2)18-14)9-4-10-23-13-6-3-5-12(17)11-13/h3,5-6,11H,4,7-10H2,1-2H3. The van der Waals surface area contributed by atoms with Gasteiger partial charge in [-0.2, -0.15) is 5.10 Å². The lowest BCUT2D eigenvalue weighted by Gasteiger charge is -2.23. The predicted octanol–water partition coefficient (Wildman–Crippen LogP) is 2.18. The summed E-state index contributed by atoms with van der Waals surface area (Å²) in [6.45, 7) is 1.04. The molecule has 1 aromatic carbocycles. The Hall–Kier alpha value is -2.08. The van der Waals surface area contributed by atoms with Gasteiger partial charge in [0.05, 0.1) is 6.61 Å². The van der Waals surface area contributed by atoms with E-state index in [9.17, 15) is 9.59 Å². The van der Waals surface area contributed by atoms with Crippen molar-refractivity contribution in [1.29, 1.82) is 0 Å². The lowest BCUT2D eigenvalue weighted by molar-refractivity contribution is -0.130. The lowest BCUT2D eigenvalue weighted by Crippen LogP contribution is -2.39. The van der Waals surface area contributed by atoms with E-state index in [2.05, 4.69) is 5.10 Å². The number of amides is 2. The van der Waals surface area contributed by atoms with Gasteiger partial charge in [-0.15, -0.1) is 0 Å². The Balaban J connectivity index is 1.76. The molecular weight excluding hydrogens is 318 g/mol. The predicted molar refractivity (Wildman–Crippen MR) is 88.6 cm³/mol. The van der Waals surface area contributed by atoms with Crippen molar-refractivity contribution in [3.05, 3.63) is 29.3 Å². The van der Waals surface area contributed by atoms with E-state index in [0.717, 1.165) is 0 Å². The van der Waals surface area contributed by atoms with Gasteiger partial charge < -0.3 is 9.64 Å². The van der Waals surface area contributed by atoms with Crippen molar-refractivity contribution >= 4 is 29.1 Å². The molecule has 1 aliphatic rings. The molecule has 0 aliphatic carbocycles. The average Bonchev–Trinajstić information content (AvgIpc) is 2.53. The first-order valence-electron chi connectivity index (χ1n) is 7.45. The largest absolute Gasteiger partial charge is 0.493 e. The molecule has 0 atom stereocenters. The highest BCUT2D eigenvalue weighted by atomic mass is 35.5. The molecule has 0 bridgehead atoms. The summed E-state index contributed by atoms with van der Waals surface area (Å²) in [5, 5.41) is 5.89. The third-order valence-corrected chi connectivity index (χ3v) is 3.74. The zero-order valence-electron chi connectivity index (χ0n) is 13.3. The summed E-state index contributed by atoms with van der Waals surface area (Å²) in [7, 11) is 3.29. The molecular formula is C16H20ClN3O3. The number of halogens is 1. The molecule has 0 radical (unpaired) electrons. The number of carbonyl (C=O) groups excluding carboxylic acids is 2. The molecule has 0 unspecified atom stereocenters. The smallest absolute Gasteiger partial charge is 0.269 e. The van der Waals surface area contributed by atoms with Gasteiger partial charge in [0.1, 0.15) is 11.5 Å². The van der Waals surface area contributed by atoms with E-state index < -0.39 is 0 Å². The monoisotopic (exact) mass is 337 g/mol.